The fourth-order valence-electron chi connectivity index (χ4n) is 3.77. The zero-order valence-electron chi connectivity index (χ0n) is 13.8. The maximum absolute atomic E-state index is 12.3. The minimum Gasteiger partial charge on any atom is -0.422 e. The first-order valence-electron chi connectivity index (χ1n) is 8.37. The average Bonchev–Trinajstić information content (AvgIpc) is 2.57. The van der Waals surface area contributed by atoms with Crippen LogP contribution in [0.2, 0.25) is 0 Å². The lowest BCUT2D eigenvalue weighted by Gasteiger charge is -2.35. The van der Waals surface area contributed by atoms with Crippen molar-refractivity contribution in [1.29, 1.82) is 0 Å². The number of rotatable bonds is 1. The molecule has 5 heteroatoms. The van der Waals surface area contributed by atoms with Gasteiger partial charge in [-0.2, -0.15) is 0 Å². The van der Waals surface area contributed by atoms with Crippen LogP contribution in [0.5, 0.6) is 0 Å². The Morgan fingerprint density at radius 2 is 1.91 bits per heavy atom. The first-order chi connectivity index (χ1) is 11.1. The maximum atomic E-state index is 12.3. The smallest absolute Gasteiger partial charge is 0.341 e. The molecule has 0 amide bonds. The van der Waals surface area contributed by atoms with E-state index in [0.717, 1.165) is 61.2 Å². The molecule has 1 saturated heterocycles. The lowest BCUT2D eigenvalue weighted by Crippen LogP contribution is -2.44. The number of nitrogens with one attached hydrogen (secondary N) is 1. The molecule has 0 saturated carbocycles. The molecule has 1 fully saturated rings. The summed E-state index contributed by atoms with van der Waals surface area (Å²) in [4.78, 5) is 17.1. The zero-order valence-corrected chi connectivity index (χ0v) is 13.8. The van der Waals surface area contributed by atoms with Gasteiger partial charge in [0.1, 0.15) is 5.58 Å². The molecule has 0 atom stereocenters. The highest BCUT2D eigenvalue weighted by atomic mass is 16.4. The minimum absolute atomic E-state index is 0.182. The second-order valence-electron chi connectivity index (χ2n) is 6.65. The van der Waals surface area contributed by atoms with Gasteiger partial charge in [0.15, 0.2) is 0 Å². The van der Waals surface area contributed by atoms with Gasteiger partial charge in [0, 0.05) is 49.4 Å². The molecule has 0 aliphatic carbocycles. The van der Waals surface area contributed by atoms with Crippen molar-refractivity contribution in [3.63, 3.8) is 0 Å². The number of hydrogen-bond donors (Lipinski definition) is 1. The van der Waals surface area contributed by atoms with Crippen molar-refractivity contribution in [1.82, 2.24) is 10.2 Å². The minimum atomic E-state index is -0.182. The van der Waals surface area contributed by atoms with Crippen molar-refractivity contribution in [3.8, 4) is 0 Å². The Morgan fingerprint density at radius 3 is 2.70 bits per heavy atom. The lowest BCUT2D eigenvalue weighted by atomic mass is 9.96. The third-order valence-electron chi connectivity index (χ3n) is 5.21. The molecule has 23 heavy (non-hydrogen) atoms. The van der Waals surface area contributed by atoms with Crippen LogP contribution < -0.4 is 15.8 Å². The van der Waals surface area contributed by atoms with Gasteiger partial charge in [-0.25, -0.2) is 4.79 Å². The number of fused-ring (bicyclic) bond motifs is 3. The van der Waals surface area contributed by atoms with Gasteiger partial charge in [0.25, 0.3) is 0 Å². The van der Waals surface area contributed by atoms with Gasteiger partial charge in [-0.1, -0.05) is 0 Å². The molecule has 1 N–H and O–H groups in total. The van der Waals surface area contributed by atoms with E-state index in [2.05, 4.69) is 41.2 Å². The van der Waals surface area contributed by atoms with Crippen LogP contribution in [0.25, 0.3) is 11.0 Å². The number of anilines is 1. The van der Waals surface area contributed by atoms with Gasteiger partial charge < -0.3 is 19.5 Å². The van der Waals surface area contributed by atoms with E-state index in [4.69, 9.17) is 4.42 Å². The van der Waals surface area contributed by atoms with E-state index < -0.39 is 0 Å². The molecule has 0 unspecified atom stereocenters. The number of nitrogens with zero attached hydrogens (tertiary/aromatic N) is 2. The number of aryl methyl sites for hydroxylation is 1. The van der Waals surface area contributed by atoms with Crippen LogP contribution in [0.1, 0.15) is 16.7 Å². The third-order valence-corrected chi connectivity index (χ3v) is 5.21. The predicted molar refractivity (Wildman–Crippen MR) is 92.3 cm³/mol. The lowest BCUT2D eigenvalue weighted by molar-refractivity contribution is 0.312. The summed E-state index contributed by atoms with van der Waals surface area (Å²) >= 11 is 0. The number of likely N-dealkylation sites (N-methyl/N-ethyl adjacent to an activating group) is 1. The first kappa shape index (κ1) is 14.7. The summed E-state index contributed by atoms with van der Waals surface area (Å²) < 4.78 is 5.71. The largest absolute Gasteiger partial charge is 0.422 e. The van der Waals surface area contributed by atoms with Gasteiger partial charge in [-0.15, -0.1) is 0 Å². The Balaban J connectivity index is 1.84. The van der Waals surface area contributed by atoms with E-state index in [1.165, 1.54) is 11.3 Å². The van der Waals surface area contributed by atoms with Crippen LogP contribution in [0, 0.1) is 6.92 Å². The molecule has 0 bridgehead atoms. The highest BCUT2D eigenvalue weighted by Crippen LogP contribution is 2.31. The molecule has 2 aliphatic heterocycles. The number of hydrogen-bond acceptors (Lipinski definition) is 5. The van der Waals surface area contributed by atoms with Crippen LogP contribution in [0.4, 0.5) is 5.69 Å². The molecule has 3 heterocycles. The second-order valence-corrected chi connectivity index (χ2v) is 6.65. The van der Waals surface area contributed by atoms with Crippen molar-refractivity contribution in [2.75, 3.05) is 44.7 Å². The fourth-order valence-corrected chi connectivity index (χ4v) is 3.77. The Morgan fingerprint density at radius 1 is 1.13 bits per heavy atom. The molecule has 4 rings (SSSR count). The molecule has 2 aliphatic rings. The van der Waals surface area contributed by atoms with Gasteiger partial charge in [0.2, 0.25) is 0 Å². The van der Waals surface area contributed by atoms with Crippen LogP contribution in [0.3, 0.4) is 0 Å². The topological polar surface area (TPSA) is 48.7 Å². The summed E-state index contributed by atoms with van der Waals surface area (Å²) in [5.41, 5.74) is 4.84. The Kier molecular flexibility index (Phi) is 3.62. The summed E-state index contributed by atoms with van der Waals surface area (Å²) in [5.74, 6) is 0. The van der Waals surface area contributed by atoms with Crippen LogP contribution in [-0.4, -0.2) is 44.7 Å². The highest BCUT2D eigenvalue weighted by molar-refractivity contribution is 5.88. The third kappa shape index (κ3) is 2.44. The second kappa shape index (κ2) is 5.65. The van der Waals surface area contributed by atoms with Gasteiger partial charge >= 0.3 is 5.63 Å². The van der Waals surface area contributed by atoms with Gasteiger partial charge in [-0.3, -0.25) is 0 Å². The fraction of sp³-hybridized carbons (Fsp3) is 0.500. The standard InChI is InChI=1S/C18H23N3O2/c1-12-16(21-9-7-20(2)8-10-21)4-3-14-13-5-6-19-11-15(13)18(22)23-17(12)14/h3-4,19H,5-11H2,1-2H3. The first-order valence-corrected chi connectivity index (χ1v) is 8.37. The van der Waals surface area contributed by atoms with Gasteiger partial charge in [-0.05, 0) is 44.6 Å². The molecular weight excluding hydrogens is 290 g/mol. The normalized spacial score (nSPS) is 19.1. The van der Waals surface area contributed by atoms with Crippen molar-refractivity contribution in [3.05, 3.63) is 39.2 Å². The summed E-state index contributed by atoms with van der Waals surface area (Å²) in [6, 6.07) is 4.34. The van der Waals surface area contributed by atoms with Crippen molar-refractivity contribution in [2.24, 2.45) is 0 Å². The molecule has 122 valence electrons. The van der Waals surface area contributed by atoms with Crippen molar-refractivity contribution < 1.29 is 4.42 Å². The number of benzene rings is 1. The Hall–Kier alpha value is -1.85. The van der Waals surface area contributed by atoms with Crippen molar-refractivity contribution in [2.45, 2.75) is 19.9 Å². The van der Waals surface area contributed by atoms with Crippen LogP contribution in [0.15, 0.2) is 21.3 Å². The van der Waals surface area contributed by atoms with Crippen LogP contribution >= 0.6 is 0 Å². The summed E-state index contributed by atoms with van der Waals surface area (Å²) in [6.07, 6.45) is 0.894. The van der Waals surface area contributed by atoms with E-state index in [-0.39, 0.29) is 5.63 Å². The van der Waals surface area contributed by atoms with E-state index in [1.54, 1.807) is 0 Å². The Bertz CT molecular complexity index is 804. The van der Waals surface area contributed by atoms with Gasteiger partial charge in [0.05, 0.1) is 5.56 Å². The van der Waals surface area contributed by atoms with E-state index in [1.807, 2.05) is 0 Å². The average molecular weight is 313 g/mol. The molecule has 0 radical (unpaired) electrons. The SMILES string of the molecule is Cc1c(N2CCN(C)CC2)ccc2c3c(c(=O)oc12)CNCC3. The number of piperazine rings is 1. The molecular formula is C18H23N3O2. The summed E-state index contributed by atoms with van der Waals surface area (Å²) in [6.45, 7) is 7.78. The maximum Gasteiger partial charge on any atom is 0.341 e. The van der Waals surface area contributed by atoms with E-state index in [9.17, 15) is 4.79 Å². The molecule has 0 spiro atoms. The summed E-state index contributed by atoms with van der Waals surface area (Å²) in [7, 11) is 2.16. The monoisotopic (exact) mass is 313 g/mol. The molecule has 2 aromatic rings. The van der Waals surface area contributed by atoms with E-state index in [0.29, 0.717) is 6.54 Å². The van der Waals surface area contributed by atoms with E-state index >= 15 is 0 Å². The van der Waals surface area contributed by atoms with Crippen molar-refractivity contribution >= 4 is 16.7 Å². The highest BCUT2D eigenvalue weighted by Gasteiger charge is 2.22. The zero-order chi connectivity index (χ0) is 16.0. The Labute approximate surface area is 135 Å². The predicted octanol–water partition coefficient (Wildman–Crippen LogP) is 1.50. The van der Waals surface area contributed by atoms with Crippen LogP contribution in [-0.2, 0) is 13.0 Å². The molecule has 1 aromatic heterocycles. The molecule has 1 aromatic carbocycles. The summed E-state index contributed by atoms with van der Waals surface area (Å²) in [5, 5.41) is 4.36. The molecule has 5 nitrogen and oxygen atoms in total. The quantitative estimate of drug-likeness (QED) is 0.809.